The molecule has 0 aliphatic carbocycles. The zero-order valence-corrected chi connectivity index (χ0v) is 13.0. The smallest absolute Gasteiger partial charge is 0.372 e. The summed E-state index contributed by atoms with van der Waals surface area (Å²) < 4.78 is 5.04. The number of carbonyl (C=O) groups is 1. The van der Waals surface area contributed by atoms with Gasteiger partial charge in [-0.25, -0.2) is 9.78 Å². The highest BCUT2D eigenvalue weighted by molar-refractivity contribution is 5.90. The Morgan fingerprint density at radius 3 is 3.12 bits per heavy atom. The third-order valence-corrected chi connectivity index (χ3v) is 4.43. The molecule has 4 heterocycles. The standard InChI is InChI=1S/C18H17N3O3/c22-18(23)16-13(5-9-24-16)11-21-7-3-12(4-8-21)15-10-20-17-14(15)2-1-6-19-17/h1-3,5-6,9-10H,4,7-8,11H2,(H,19,20)(H,22,23). The lowest BCUT2D eigenvalue weighted by molar-refractivity contribution is 0.0659. The Bertz CT molecular complexity index is 922. The molecule has 0 bridgehead atoms. The van der Waals surface area contributed by atoms with Crippen LogP contribution in [-0.4, -0.2) is 39.0 Å². The fourth-order valence-corrected chi connectivity index (χ4v) is 3.21. The Kier molecular flexibility index (Phi) is 3.66. The van der Waals surface area contributed by atoms with Crippen LogP contribution in [0.4, 0.5) is 0 Å². The summed E-state index contributed by atoms with van der Waals surface area (Å²) in [6.07, 6.45) is 8.35. The van der Waals surface area contributed by atoms with Gasteiger partial charge in [0.15, 0.2) is 0 Å². The highest BCUT2D eigenvalue weighted by Gasteiger charge is 2.20. The lowest BCUT2D eigenvalue weighted by Crippen LogP contribution is -2.28. The van der Waals surface area contributed by atoms with Crippen LogP contribution < -0.4 is 0 Å². The number of hydrogen-bond acceptors (Lipinski definition) is 4. The Morgan fingerprint density at radius 2 is 2.33 bits per heavy atom. The van der Waals surface area contributed by atoms with Crippen LogP contribution in [0.3, 0.4) is 0 Å². The number of aromatic amines is 1. The number of nitrogens with zero attached hydrogens (tertiary/aromatic N) is 2. The first-order valence-electron chi connectivity index (χ1n) is 7.86. The van der Waals surface area contributed by atoms with Crippen LogP contribution in [0.25, 0.3) is 16.6 Å². The van der Waals surface area contributed by atoms with Gasteiger partial charge in [0, 0.05) is 48.5 Å². The highest BCUT2D eigenvalue weighted by Crippen LogP contribution is 2.29. The molecule has 24 heavy (non-hydrogen) atoms. The maximum Gasteiger partial charge on any atom is 0.372 e. The van der Waals surface area contributed by atoms with Crippen LogP contribution in [-0.2, 0) is 6.54 Å². The number of pyridine rings is 1. The second kappa shape index (κ2) is 5.98. The van der Waals surface area contributed by atoms with Crippen molar-refractivity contribution in [1.82, 2.24) is 14.9 Å². The zero-order chi connectivity index (χ0) is 16.5. The van der Waals surface area contributed by atoms with Crippen LogP contribution in [0.1, 0.15) is 28.1 Å². The van der Waals surface area contributed by atoms with Crippen molar-refractivity contribution < 1.29 is 14.3 Å². The van der Waals surface area contributed by atoms with Crippen LogP contribution in [0.15, 0.2) is 47.3 Å². The van der Waals surface area contributed by atoms with Gasteiger partial charge in [0.2, 0.25) is 5.76 Å². The molecule has 0 unspecified atom stereocenters. The number of H-pyrrole nitrogens is 1. The number of carboxylic acid groups (broad SMARTS) is 1. The minimum Gasteiger partial charge on any atom is -0.475 e. The minimum atomic E-state index is -1.02. The van der Waals surface area contributed by atoms with Gasteiger partial charge in [-0.3, -0.25) is 4.90 Å². The maximum absolute atomic E-state index is 11.1. The van der Waals surface area contributed by atoms with Gasteiger partial charge in [0.1, 0.15) is 5.65 Å². The van der Waals surface area contributed by atoms with Crippen molar-refractivity contribution in [3.8, 4) is 0 Å². The van der Waals surface area contributed by atoms with Gasteiger partial charge in [0.25, 0.3) is 0 Å². The van der Waals surface area contributed by atoms with Gasteiger partial charge in [-0.2, -0.15) is 0 Å². The van der Waals surface area contributed by atoms with Crippen molar-refractivity contribution in [3.05, 3.63) is 59.8 Å². The Morgan fingerprint density at radius 1 is 1.42 bits per heavy atom. The van der Waals surface area contributed by atoms with Gasteiger partial charge in [0.05, 0.1) is 6.26 Å². The van der Waals surface area contributed by atoms with E-state index >= 15 is 0 Å². The average Bonchev–Trinajstić information content (AvgIpc) is 3.22. The first kappa shape index (κ1) is 14.7. The molecule has 0 amide bonds. The Hall–Kier alpha value is -2.86. The molecular formula is C18H17N3O3. The second-order valence-electron chi connectivity index (χ2n) is 5.90. The van der Waals surface area contributed by atoms with E-state index in [4.69, 9.17) is 9.52 Å². The molecule has 0 fully saturated rings. The van der Waals surface area contributed by atoms with Gasteiger partial charge in [-0.1, -0.05) is 6.08 Å². The molecule has 2 N–H and O–H groups in total. The van der Waals surface area contributed by atoms with E-state index in [0.29, 0.717) is 6.54 Å². The van der Waals surface area contributed by atoms with Crippen LogP contribution in [0.5, 0.6) is 0 Å². The number of rotatable bonds is 4. The Labute approximate surface area is 138 Å². The van der Waals surface area contributed by atoms with Crippen LogP contribution in [0, 0.1) is 0 Å². The van der Waals surface area contributed by atoms with Crippen molar-refractivity contribution in [2.24, 2.45) is 0 Å². The summed E-state index contributed by atoms with van der Waals surface area (Å²) in [4.78, 5) is 20.9. The fraction of sp³-hybridized carbons (Fsp3) is 0.222. The van der Waals surface area contributed by atoms with E-state index in [-0.39, 0.29) is 5.76 Å². The summed E-state index contributed by atoms with van der Waals surface area (Å²) in [5, 5.41) is 10.3. The normalized spacial score (nSPS) is 15.6. The molecule has 122 valence electrons. The number of aromatic nitrogens is 2. The lowest BCUT2D eigenvalue weighted by atomic mass is 9.99. The largest absolute Gasteiger partial charge is 0.475 e. The monoisotopic (exact) mass is 323 g/mol. The predicted octanol–water partition coefficient (Wildman–Crippen LogP) is 3.14. The number of hydrogen-bond donors (Lipinski definition) is 2. The highest BCUT2D eigenvalue weighted by atomic mass is 16.4. The van der Waals surface area contributed by atoms with Gasteiger partial charge in [-0.05, 0) is 30.2 Å². The quantitative estimate of drug-likeness (QED) is 0.771. The minimum absolute atomic E-state index is 0.0347. The second-order valence-corrected chi connectivity index (χ2v) is 5.90. The number of carboxylic acids is 1. The van der Waals surface area contributed by atoms with E-state index in [1.165, 1.54) is 17.4 Å². The molecule has 1 aliphatic heterocycles. The molecule has 1 aliphatic rings. The molecule has 0 aromatic carbocycles. The zero-order valence-electron chi connectivity index (χ0n) is 13.0. The van der Waals surface area contributed by atoms with Crippen molar-refractivity contribution in [3.63, 3.8) is 0 Å². The lowest BCUT2D eigenvalue weighted by Gasteiger charge is -2.26. The van der Waals surface area contributed by atoms with E-state index in [0.717, 1.165) is 36.1 Å². The van der Waals surface area contributed by atoms with Gasteiger partial charge in [-0.15, -0.1) is 0 Å². The molecule has 0 atom stereocenters. The van der Waals surface area contributed by atoms with E-state index < -0.39 is 5.97 Å². The molecule has 0 saturated heterocycles. The van der Waals surface area contributed by atoms with E-state index in [2.05, 4.69) is 27.0 Å². The van der Waals surface area contributed by atoms with Crippen LogP contribution in [0.2, 0.25) is 0 Å². The summed E-state index contributed by atoms with van der Waals surface area (Å²) in [5.41, 5.74) is 4.12. The molecule has 4 rings (SSSR count). The predicted molar refractivity (Wildman–Crippen MR) is 89.6 cm³/mol. The summed E-state index contributed by atoms with van der Waals surface area (Å²) >= 11 is 0. The van der Waals surface area contributed by atoms with Crippen molar-refractivity contribution >= 4 is 22.6 Å². The molecule has 3 aromatic rings. The van der Waals surface area contributed by atoms with E-state index in [9.17, 15) is 4.79 Å². The molecular weight excluding hydrogens is 306 g/mol. The summed E-state index contributed by atoms with van der Waals surface area (Å²) in [7, 11) is 0. The number of nitrogens with one attached hydrogen (secondary N) is 1. The number of fused-ring (bicyclic) bond motifs is 1. The topological polar surface area (TPSA) is 82.4 Å². The van der Waals surface area contributed by atoms with Crippen molar-refractivity contribution in [2.45, 2.75) is 13.0 Å². The maximum atomic E-state index is 11.1. The van der Waals surface area contributed by atoms with Crippen LogP contribution >= 0.6 is 0 Å². The van der Waals surface area contributed by atoms with E-state index in [1.54, 1.807) is 12.3 Å². The molecule has 3 aromatic heterocycles. The molecule has 0 spiro atoms. The summed E-state index contributed by atoms with van der Waals surface area (Å²) in [6, 6.07) is 5.75. The first-order chi connectivity index (χ1) is 11.7. The van der Waals surface area contributed by atoms with E-state index in [1.807, 2.05) is 12.3 Å². The summed E-state index contributed by atoms with van der Waals surface area (Å²) in [6.45, 7) is 2.24. The molecule has 6 heteroatoms. The van der Waals surface area contributed by atoms with Gasteiger partial charge < -0.3 is 14.5 Å². The molecule has 0 radical (unpaired) electrons. The molecule has 6 nitrogen and oxygen atoms in total. The third-order valence-electron chi connectivity index (χ3n) is 4.43. The van der Waals surface area contributed by atoms with Crippen molar-refractivity contribution in [2.75, 3.05) is 13.1 Å². The Balaban J connectivity index is 1.51. The number of furan rings is 1. The van der Waals surface area contributed by atoms with Gasteiger partial charge >= 0.3 is 5.97 Å². The SMILES string of the molecule is O=C(O)c1occc1CN1CC=C(c2c[nH]c3ncccc23)CC1. The average molecular weight is 323 g/mol. The number of aromatic carboxylic acids is 1. The first-order valence-corrected chi connectivity index (χ1v) is 7.86. The fourth-order valence-electron chi connectivity index (χ4n) is 3.21. The third kappa shape index (κ3) is 2.61. The summed E-state index contributed by atoms with van der Waals surface area (Å²) in [5.74, 6) is -0.984. The van der Waals surface area contributed by atoms with Crippen molar-refractivity contribution in [1.29, 1.82) is 0 Å². The molecule has 0 saturated carbocycles.